The van der Waals surface area contributed by atoms with Gasteiger partial charge in [0.25, 0.3) is 13.5 Å². The van der Waals surface area contributed by atoms with Gasteiger partial charge in [-0.1, -0.05) is 69.6 Å². The molecule has 4 nitrogen and oxygen atoms in total. The van der Waals surface area contributed by atoms with E-state index < -0.39 is 19.7 Å². The second-order valence-corrected chi connectivity index (χ2v) is 8.37. The normalized spacial score (nSPS) is 20.6. The van der Waals surface area contributed by atoms with Crippen molar-refractivity contribution in [3.05, 3.63) is 0 Å². The lowest BCUT2D eigenvalue weighted by atomic mass is 10.3. The number of ether oxygens (including phenoxy) is 1. The molecule has 1 aliphatic rings. The first-order valence-corrected chi connectivity index (χ1v) is 7.26. The number of quaternary nitrogens is 1. The number of carbonyl (C=O) groups excluding carboxylic acids is 1. The Labute approximate surface area is 135 Å². The van der Waals surface area contributed by atoms with Gasteiger partial charge in [-0.3, -0.25) is 10.1 Å². The first kappa shape index (κ1) is 17.2. The number of alkyl halides is 6. The second-order valence-electron chi connectivity index (χ2n) is 3.72. The van der Waals surface area contributed by atoms with Crippen molar-refractivity contribution in [1.82, 2.24) is 5.32 Å². The molecule has 0 unspecified atom stereocenters. The van der Waals surface area contributed by atoms with Crippen LogP contribution in [0.3, 0.4) is 0 Å². The number of halogens is 6. The zero-order valence-electron chi connectivity index (χ0n) is 8.99. The molecule has 0 aliphatic carbocycles. The Kier molecular flexibility index (Phi) is 6.42. The molecule has 0 spiro atoms. The largest absolute Gasteiger partial charge is 0.370 e. The van der Waals surface area contributed by atoms with Crippen molar-refractivity contribution in [3.8, 4) is 0 Å². The molecule has 1 amide bonds. The van der Waals surface area contributed by atoms with E-state index in [1.54, 1.807) is 0 Å². The highest BCUT2D eigenvalue weighted by atomic mass is 35.6. The van der Waals surface area contributed by atoms with Crippen molar-refractivity contribution < 1.29 is 14.4 Å². The molecular weight excluding hydrogens is 369 g/mol. The molecule has 0 aromatic rings. The monoisotopic (exact) mass is 377 g/mol. The van der Waals surface area contributed by atoms with Crippen molar-refractivity contribution in [1.29, 1.82) is 0 Å². The quantitative estimate of drug-likeness (QED) is 0.705. The molecule has 0 bridgehead atoms. The fourth-order valence-electron chi connectivity index (χ4n) is 1.55. The van der Waals surface area contributed by atoms with E-state index in [-0.39, 0.29) is 0 Å². The van der Waals surface area contributed by atoms with Crippen LogP contribution in [0.5, 0.6) is 0 Å². The molecule has 0 aromatic carbocycles. The molecule has 10 heteroatoms. The van der Waals surface area contributed by atoms with E-state index >= 15 is 0 Å². The number of hydrogen-bond acceptors (Lipinski definition) is 2. The number of morpholine rings is 1. The summed E-state index contributed by atoms with van der Waals surface area (Å²) in [4.78, 5) is 12.5. The van der Waals surface area contributed by atoms with Crippen LogP contribution in [0.1, 0.15) is 0 Å². The average Bonchev–Trinajstić information content (AvgIpc) is 2.23. The Hall–Kier alpha value is 1.13. The molecular formula is C8H11Cl6N2O2+. The fourth-order valence-corrected chi connectivity index (χ4v) is 2.34. The van der Waals surface area contributed by atoms with Gasteiger partial charge in [0.05, 0.1) is 13.2 Å². The maximum atomic E-state index is 11.6. The molecule has 0 aromatic heterocycles. The highest BCUT2D eigenvalue weighted by Gasteiger charge is 2.45. The highest BCUT2D eigenvalue weighted by Crippen LogP contribution is 2.30. The molecule has 0 radical (unpaired) electrons. The van der Waals surface area contributed by atoms with Crippen LogP contribution in [0.25, 0.3) is 0 Å². The lowest BCUT2D eigenvalue weighted by Gasteiger charge is -2.35. The third kappa shape index (κ3) is 5.25. The summed E-state index contributed by atoms with van der Waals surface area (Å²) in [6.45, 7) is 2.18. The number of carbonyl (C=O) groups is 1. The highest BCUT2D eigenvalue weighted by molar-refractivity contribution is 6.76. The van der Waals surface area contributed by atoms with Gasteiger partial charge in [0, 0.05) is 0 Å². The van der Waals surface area contributed by atoms with E-state index in [0.717, 1.165) is 4.90 Å². The van der Waals surface area contributed by atoms with E-state index in [9.17, 15) is 4.79 Å². The standard InChI is InChI=1S/C8H10Cl6N2O2/c9-7(10,11)5(15-6(17)8(12,13)14)16-1-3-18-4-2-16/h5H,1-4H2,(H,15,17)/p+1/t5-/m0/s1. The molecule has 1 saturated heterocycles. The molecule has 106 valence electrons. The average molecular weight is 380 g/mol. The van der Waals surface area contributed by atoms with Crippen LogP contribution < -0.4 is 10.2 Å². The summed E-state index contributed by atoms with van der Waals surface area (Å²) in [7, 11) is 0. The van der Waals surface area contributed by atoms with E-state index in [0.29, 0.717) is 26.3 Å². The summed E-state index contributed by atoms with van der Waals surface area (Å²) in [5.74, 6) is -0.831. The molecule has 0 saturated carbocycles. The van der Waals surface area contributed by atoms with Crippen molar-refractivity contribution in [3.63, 3.8) is 0 Å². The van der Waals surface area contributed by atoms with E-state index in [1.165, 1.54) is 0 Å². The summed E-state index contributed by atoms with van der Waals surface area (Å²) in [6.07, 6.45) is -0.811. The van der Waals surface area contributed by atoms with Gasteiger partial charge in [0.1, 0.15) is 13.1 Å². The Morgan fingerprint density at radius 3 is 2.00 bits per heavy atom. The number of amides is 1. The van der Waals surface area contributed by atoms with Gasteiger partial charge in [-0.2, -0.15) is 0 Å². The Bertz CT molecular complexity index is 297. The number of hydrogen-bond donors (Lipinski definition) is 2. The number of rotatable bonds is 2. The van der Waals surface area contributed by atoms with Gasteiger partial charge in [-0.15, -0.1) is 0 Å². The zero-order valence-corrected chi connectivity index (χ0v) is 13.5. The lowest BCUT2D eigenvalue weighted by Crippen LogP contribution is -3.21. The van der Waals surface area contributed by atoms with Gasteiger partial charge >= 0.3 is 0 Å². The SMILES string of the molecule is O=C(N[C@@H]([NH+]1CCOCC1)C(Cl)(Cl)Cl)C(Cl)(Cl)Cl. The minimum Gasteiger partial charge on any atom is -0.370 e. The third-order valence-electron chi connectivity index (χ3n) is 2.40. The summed E-state index contributed by atoms with van der Waals surface area (Å²) < 4.78 is 1.39. The minimum absolute atomic E-state index is 0.510. The zero-order chi connectivity index (χ0) is 14.0. The third-order valence-corrected chi connectivity index (χ3v) is 3.57. The summed E-state index contributed by atoms with van der Waals surface area (Å²) in [6, 6.07) is 0. The minimum atomic E-state index is -2.10. The van der Waals surface area contributed by atoms with Crippen LogP contribution in [0.4, 0.5) is 0 Å². The van der Waals surface area contributed by atoms with Crippen LogP contribution in [-0.2, 0) is 9.53 Å². The molecule has 18 heavy (non-hydrogen) atoms. The second kappa shape index (κ2) is 6.72. The predicted octanol–water partition coefficient (Wildman–Crippen LogP) is 1.08. The Balaban J connectivity index is 2.76. The van der Waals surface area contributed by atoms with Crippen LogP contribution >= 0.6 is 69.6 Å². The van der Waals surface area contributed by atoms with E-state index in [2.05, 4.69) is 5.32 Å². The molecule has 1 atom stereocenters. The van der Waals surface area contributed by atoms with E-state index in [4.69, 9.17) is 74.3 Å². The first-order chi connectivity index (χ1) is 8.12. The lowest BCUT2D eigenvalue weighted by molar-refractivity contribution is -0.934. The van der Waals surface area contributed by atoms with Crippen molar-refractivity contribution in [2.45, 2.75) is 13.8 Å². The maximum absolute atomic E-state index is 11.6. The number of nitrogens with one attached hydrogen (secondary N) is 2. The van der Waals surface area contributed by atoms with Crippen LogP contribution in [0.15, 0.2) is 0 Å². The maximum Gasteiger partial charge on any atom is 0.276 e. The van der Waals surface area contributed by atoms with Crippen molar-refractivity contribution in [2.24, 2.45) is 0 Å². The molecule has 2 N–H and O–H groups in total. The summed E-state index contributed by atoms with van der Waals surface area (Å²) in [5, 5.41) is 2.44. The van der Waals surface area contributed by atoms with Crippen LogP contribution in [-0.4, -0.2) is 46.0 Å². The van der Waals surface area contributed by atoms with E-state index in [1.807, 2.05) is 0 Å². The summed E-state index contributed by atoms with van der Waals surface area (Å²) >= 11 is 34.0. The van der Waals surface area contributed by atoms with Gasteiger partial charge in [-0.25, -0.2) is 0 Å². The topological polar surface area (TPSA) is 42.8 Å². The van der Waals surface area contributed by atoms with Gasteiger partial charge in [0.15, 0.2) is 0 Å². The molecule has 1 fully saturated rings. The van der Waals surface area contributed by atoms with Gasteiger partial charge < -0.3 is 9.64 Å². The fraction of sp³-hybridized carbons (Fsp3) is 0.875. The molecule has 1 aliphatic heterocycles. The molecule has 1 heterocycles. The Morgan fingerprint density at radius 2 is 1.61 bits per heavy atom. The predicted molar refractivity (Wildman–Crippen MR) is 74.0 cm³/mol. The summed E-state index contributed by atoms with van der Waals surface area (Å²) in [5.41, 5.74) is 0. The van der Waals surface area contributed by atoms with Gasteiger partial charge in [0.2, 0.25) is 6.17 Å². The Morgan fingerprint density at radius 1 is 1.11 bits per heavy atom. The van der Waals surface area contributed by atoms with Crippen LogP contribution in [0, 0.1) is 0 Å². The van der Waals surface area contributed by atoms with Crippen LogP contribution in [0.2, 0.25) is 0 Å². The van der Waals surface area contributed by atoms with Crippen molar-refractivity contribution in [2.75, 3.05) is 26.3 Å². The molecule has 1 rings (SSSR count). The van der Waals surface area contributed by atoms with Gasteiger partial charge in [-0.05, 0) is 0 Å². The first-order valence-electron chi connectivity index (χ1n) is 4.99. The smallest absolute Gasteiger partial charge is 0.276 e. The van der Waals surface area contributed by atoms with Crippen molar-refractivity contribution >= 4 is 75.5 Å².